The summed E-state index contributed by atoms with van der Waals surface area (Å²) < 4.78 is 29.9. The van der Waals surface area contributed by atoms with E-state index in [0.29, 0.717) is 12.0 Å². The molecule has 0 spiro atoms. The maximum atomic E-state index is 15.0. The zero-order valence-electron chi connectivity index (χ0n) is 23.0. The smallest absolute Gasteiger partial charge is 0.344 e. The zero-order chi connectivity index (χ0) is 29.5. The van der Waals surface area contributed by atoms with E-state index in [0.717, 1.165) is 6.92 Å². The summed E-state index contributed by atoms with van der Waals surface area (Å²) in [6.45, 7) is 7.50. The number of benzene rings is 1. The lowest BCUT2D eigenvalue weighted by atomic mass is 9.92. The monoisotopic (exact) mass is 549 g/mol. The van der Waals surface area contributed by atoms with Crippen molar-refractivity contribution in [1.82, 2.24) is 15.5 Å². The van der Waals surface area contributed by atoms with Crippen molar-refractivity contribution in [3.8, 4) is 0 Å². The molecular weight excluding hydrogens is 512 g/mol. The Balaban J connectivity index is 2.15. The maximum Gasteiger partial charge on any atom is 0.364 e. The largest absolute Gasteiger partial charge is 0.364 e. The summed E-state index contributed by atoms with van der Waals surface area (Å²) in [6.07, 6.45) is 0.144. The maximum absolute atomic E-state index is 15.0. The van der Waals surface area contributed by atoms with E-state index in [-0.39, 0.29) is 19.4 Å². The standard InChI is InChI=1S/C28H37F2N3O6/c1-16(2)22(24(36)28(29,30)21(35)14-13-19-10-7-6-8-11-19)31-26(38)20-12-9-15-33(20)27(39)23(17(3)4)32-25(37)18(5)34/h6-8,10-11,16-17,20,22-23H,9,12-15H2,1-5H3,(H,31,38)(H,32,37)/t20?,22-,23-/m0/s1. The first kappa shape index (κ1) is 31.7. The Morgan fingerprint density at radius 1 is 0.949 bits per heavy atom. The second-order valence-electron chi connectivity index (χ2n) is 10.5. The summed E-state index contributed by atoms with van der Waals surface area (Å²) >= 11 is 0. The van der Waals surface area contributed by atoms with Crippen molar-refractivity contribution < 1.29 is 37.5 Å². The van der Waals surface area contributed by atoms with Crippen LogP contribution in [-0.4, -0.2) is 70.6 Å². The fourth-order valence-electron chi connectivity index (χ4n) is 4.41. The Morgan fingerprint density at radius 3 is 2.08 bits per heavy atom. The first-order valence-electron chi connectivity index (χ1n) is 13.1. The van der Waals surface area contributed by atoms with Crippen LogP contribution in [0.15, 0.2) is 30.3 Å². The molecule has 39 heavy (non-hydrogen) atoms. The molecule has 3 amide bonds. The number of carbonyl (C=O) groups excluding carboxylic acids is 6. The molecule has 1 aromatic carbocycles. The number of carbonyl (C=O) groups is 6. The molecule has 1 saturated heterocycles. The van der Waals surface area contributed by atoms with E-state index < -0.39 is 77.4 Å². The Morgan fingerprint density at radius 2 is 1.54 bits per heavy atom. The van der Waals surface area contributed by atoms with Crippen LogP contribution in [0.3, 0.4) is 0 Å². The number of hydrogen-bond donors (Lipinski definition) is 2. The fourth-order valence-corrected chi connectivity index (χ4v) is 4.41. The van der Waals surface area contributed by atoms with Crippen molar-refractivity contribution in [1.29, 1.82) is 0 Å². The third-order valence-corrected chi connectivity index (χ3v) is 6.77. The highest BCUT2D eigenvalue weighted by Crippen LogP contribution is 2.25. The number of amides is 3. The number of likely N-dealkylation sites (tertiary alicyclic amines) is 1. The van der Waals surface area contributed by atoms with E-state index >= 15 is 0 Å². The first-order valence-corrected chi connectivity index (χ1v) is 13.1. The predicted molar refractivity (Wildman–Crippen MR) is 139 cm³/mol. The van der Waals surface area contributed by atoms with Crippen molar-refractivity contribution >= 4 is 35.1 Å². The molecule has 1 aromatic rings. The molecule has 11 heteroatoms. The average molecular weight is 550 g/mol. The molecule has 1 aliphatic heterocycles. The van der Waals surface area contributed by atoms with Crippen LogP contribution < -0.4 is 10.6 Å². The van der Waals surface area contributed by atoms with E-state index in [9.17, 15) is 37.5 Å². The van der Waals surface area contributed by atoms with Gasteiger partial charge in [0.05, 0.1) is 6.04 Å². The van der Waals surface area contributed by atoms with Gasteiger partial charge >= 0.3 is 5.92 Å². The SMILES string of the molecule is CC(=O)C(=O)N[C@H](C(=O)N1CCCC1C(=O)N[C@H](C(=O)C(F)(F)C(=O)CCc1ccccc1)C(C)C)C(C)C. The Hall–Kier alpha value is -3.50. The molecule has 214 valence electrons. The topological polar surface area (TPSA) is 130 Å². The fraction of sp³-hybridized carbons (Fsp3) is 0.571. The quantitative estimate of drug-likeness (QED) is 0.287. The minimum atomic E-state index is -4.30. The lowest BCUT2D eigenvalue weighted by Crippen LogP contribution is -2.59. The second kappa shape index (κ2) is 13.5. The highest BCUT2D eigenvalue weighted by atomic mass is 19.3. The Labute approximate surface area is 227 Å². The number of hydrogen-bond acceptors (Lipinski definition) is 6. The van der Waals surface area contributed by atoms with Gasteiger partial charge in [-0.25, -0.2) is 0 Å². The van der Waals surface area contributed by atoms with Gasteiger partial charge < -0.3 is 15.5 Å². The number of Topliss-reactive ketones (excluding diaryl/α,β-unsaturated/α-hetero) is 3. The number of rotatable bonds is 13. The summed E-state index contributed by atoms with van der Waals surface area (Å²) in [6, 6.07) is 4.75. The average Bonchev–Trinajstić information content (AvgIpc) is 3.38. The van der Waals surface area contributed by atoms with Gasteiger partial charge in [-0.3, -0.25) is 28.8 Å². The van der Waals surface area contributed by atoms with Crippen molar-refractivity contribution in [2.24, 2.45) is 11.8 Å². The number of ketones is 3. The molecule has 1 aliphatic rings. The molecule has 2 rings (SSSR count). The van der Waals surface area contributed by atoms with Crippen LogP contribution in [0.25, 0.3) is 0 Å². The van der Waals surface area contributed by atoms with Crippen LogP contribution in [0, 0.1) is 11.8 Å². The molecule has 1 unspecified atom stereocenters. The van der Waals surface area contributed by atoms with Crippen LogP contribution in [0.1, 0.15) is 59.4 Å². The molecule has 0 radical (unpaired) electrons. The summed E-state index contributed by atoms with van der Waals surface area (Å²) in [4.78, 5) is 76.2. The van der Waals surface area contributed by atoms with Gasteiger partial charge in [0, 0.05) is 19.9 Å². The molecule has 0 saturated carbocycles. The highest BCUT2D eigenvalue weighted by Gasteiger charge is 2.51. The number of aryl methyl sites for hydroxylation is 1. The van der Waals surface area contributed by atoms with Gasteiger partial charge in [-0.2, -0.15) is 8.78 Å². The Kier molecular flexibility index (Phi) is 11.0. The zero-order valence-corrected chi connectivity index (χ0v) is 23.0. The molecule has 9 nitrogen and oxygen atoms in total. The van der Waals surface area contributed by atoms with Crippen LogP contribution in [0.5, 0.6) is 0 Å². The van der Waals surface area contributed by atoms with Gasteiger partial charge in [0.1, 0.15) is 12.1 Å². The van der Waals surface area contributed by atoms with Crippen molar-refractivity contribution in [3.63, 3.8) is 0 Å². The minimum Gasteiger partial charge on any atom is -0.344 e. The molecule has 1 heterocycles. The van der Waals surface area contributed by atoms with Crippen molar-refractivity contribution in [2.75, 3.05) is 6.54 Å². The molecule has 1 fully saturated rings. The highest BCUT2D eigenvalue weighted by molar-refractivity contribution is 6.35. The molecule has 2 N–H and O–H groups in total. The number of alkyl halides is 2. The van der Waals surface area contributed by atoms with Gasteiger partial charge in [0.2, 0.25) is 29.2 Å². The summed E-state index contributed by atoms with van der Waals surface area (Å²) in [7, 11) is 0. The van der Waals surface area contributed by atoms with E-state index in [1.165, 1.54) is 18.7 Å². The van der Waals surface area contributed by atoms with Gasteiger partial charge in [0.15, 0.2) is 0 Å². The Bertz CT molecular complexity index is 1090. The predicted octanol–water partition coefficient (Wildman–Crippen LogP) is 2.25. The normalized spacial score (nSPS) is 17.1. The molecule has 0 aromatic heterocycles. The molecule has 3 atom stereocenters. The first-order chi connectivity index (χ1) is 18.2. The molecule has 0 aliphatic carbocycles. The van der Waals surface area contributed by atoms with Crippen LogP contribution >= 0.6 is 0 Å². The van der Waals surface area contributed by atoms with E-state index in [4.69, 9.17) is 0 Å². The number of nitrogens with zero attached hydrogens (tertiary/aromatic N) is 1. The summed E-state index contributed by atoms with van der Waals surface area (Å²) in [5.41, 5.74) is 0.674. The van der Waals surface area contributed by atoms with E-state index in [1.807, 2.05) is 0 Å². The van der Waals surface area contributed by atoms with Gasteiger partial charge in [-0.05, 0) is 36.7 Å². The minimum absolute atomic E-state index is 0.0393. The summed E-state index contributed by atoms with van der Waals surface area (Å²) in [5, 5.41) is 4.73. The van der Waals surface area contributed by atoms with Gasteiger partial charge in [0.25, 0.3) is 5.91 Å². The number of halogens is 2. The third kappa shape index (κ3) is 8.00. The van der Waals surface area contributed by atoms with Crippen LogP contribution in [0.4, 0.5) is 8.78 Å². The van der Waals surface area contributed by atoms with E-state index in [1.54, 1.807) is 44.2 Å². The van der Waals surface area contributed by atoms with Crippen LogP contribution in [-0.2, 0) is 35.2 Å². The van der Waals surface area contributed by atoms with Crippen molar-refractivity contribution in [2.45, 2.75) is 84.4 Å². The van der Waals surface area contributed by atoms with Crippen LogP contribution in [0.2, 0.25) is 0 Å². The summed E-state index contributed by atoms with van der Waals surface area (Å²) in [5.74, 6) is -11.8. The van der Waals surface area contributed by atoms with Crippen molar-refractivity contribution in [3.05, 3.63) is 35.9 Å². The molecule has 0 bridgehead atoms. The van der Waals surface area contributed by atoms with E-state index in [2.05, 4.69) is 10.6 Å². The second-order valence-corrected chi connectivity index (χ2v) is 10.5. The lowest BCUT2D eigenvalue weighted by Gasteiger charge is -2.32. The van der Waals surface area contributed by atoms with Gasteiger partial charge in [-0.1, -0.05) is 58.0 Å². The molecular formula is C28H37F2N3O6. The van der Waals surface area contributed by atoms with Gasteiger partial charge in [-0.15, -0.1) is 0 Å². The third-order valence-electron chi connectivity index (χ3n) is 6.77. The number of nitrogens with one attached hydrogen (secondary N) is 2. The lowest BCUT2D eigenvalue weighted by molar-refractivity contribution is -0.159.